The maximum absolute atomic E-state index is 8.83. The fraction of sp³-hybridized carbons (Fsp3) is 0.533. The molecule has 3 nitrogen and oxygen atoms in total. The largest absolute Gasteiger partial charge is 0.381 e. The lowest BCUT2D eigenvalue weighted by Gasteiger charge is -2.20. The monoisotopic (exact) mass is 277 g/mol. The van der Waals surface area contributed by atoms with Gasteiger partial charge in [-0.15, -0.1) is 0 Å². The molecule has 1 N–H and O–H groups in total. The van der Waals surface area contributed by atoms with E-state index in [1.807, 2.05) is 12.1 Å². The second kappa shape index (κ2) is 6.79. The van der Waals surface area contributed by atoms with E-state index in [0.29, 0.717) is 16.6 Å². The minimum atomic E-state index is 0.474. The maximum Gasteiger partial charge on any atom is 0.0992 e. The molecule has 102 valence electrons. The molecule has 1 saturated heterocycles. The van der Waals surface area contributed by atoms with Crippen LogP contribution in [0.4, 0.5) is 5.69 Å². The summed E-state index contributed by atoms with van der Waals surface area (Å²) < 4.78 is 0. The Morgan fingerprint density at radius 2 is 2.26 bits per heavy atom. The van der Waals surface area contributed by atoms with Gasteiger partial charge in [-0.05, 0) is 50.6 Å². The third-order valence-corrected chi connectivity index (χ3v) is 4.04. The van der Waals surface area contributed by atoms with E-state index < -0.39 is 0 Å². The summed E-state index contributed by atoms with van der Waals surface area (Å²) in [5.41, 5.74) is 1.55. The SMILES string of the molecule is CCN1CCCC(Nc2ccc(C#N)cc2Cl)CC1. The van der Waals surface area contributed by atoms with E-state index >= 15 is 0 Å². The summed E-state index contributed by atoms with van der Waals surface area (Å²) in [4.78, 5) is 2.49. The predicted molar refractivity (Wildman–Crippen MR) is 79.5 cm³/mol. The summed E-state index contributed by atoms with van der Waals surface area (Å²) in [6, 6.07) is 8.01. The fourth-order valence-corrected chi connectivity index (χ4v) is 2.77. The third kappa shape index (κ3) is 3.86. The smallest absolute Gasteiger partial charge is 0.0992 e. The molecule has 0 saturated carbocycles. The zero-order valence-corrected chi connectivity index (χ0v) is 12.1. The minimum Gasteiger partial charge on any atom is -0.381 e. The zero-order chi connectivity index (χ0) is 13.7. The highest BCUT2D eigenvalue weighted by Gasteiger charge is 2.16. The second-order valence-corrected chi connectivity index (χ2v) is 5.42. The minimum absolute atomic E-state index is 0.474. The molecule has 0 spiro atoms. The highest BCUT2D eigenvalue weighted by Crippen LogP contribution is 2.25. The lowest BCUT2D eigenvalue weighted by atomic mass is 10.1. The molecule has 19 heavy (non-hydrogen) atoms. The molecule has 1 unspecified atom stereocenters. The van der Waals surface area contributed by atoms with Crippen molar-refractivity contribution in [3.63, 3.8) is 0 Å². The molecule has 0 aliphatic carbocycles. The van der Waals surface area contributed by atoms with Crippen LogP contribution in [-0.2, 0) is 0 Å². The first-order valence-corrected chi connectivity index (χ1v) is 7.29. The second-order valence-electron chi connectivity index (χ2n) is 5.01. The summed E-state index contributed by atoms with van der Waals surface area (Å²) >= 11 is 6.20. The van der Waals surface area contributed by atoms with Gasteiger partial charge in [-0.2, -0.15) is 5.26 Å². The average molecular weight is 278 g/mol. The van der Waals surface area contributed by atoms with Crippen molar-refractivity contribution in [1.29, 1.82) is 5.26 Å². The van der Waals surface area contributed by atoms with E-state index in [-0.39, 0.29) is 0 Å². The van der Waals surface area contributed by atoms with Gasteiger partial charge in [0.15, 0.2) is 0 Å². The van der Waals surface area contributed by atoms with E-state index in [1.54, 1.807) is 6.07 Å². The molecular weight excluding hydrogens is 258 g/mol. The molecular formula is C15H20ClN3. The van der Waals surface area contributed by atoms with E-state index in [1.165, 1.54) is 19.4 Å². The highest BCUT2D eigenvalue weighted by atomic mass is 35.5. The summed E-state index contributed by atoms with van der Waals surface area (Å²) in [7, 11) is 0. The van der Waals surface area contributed by atoms with E-state index in [0.717, 1.165) is 25.2 Å². The van der Waals surface area contributed by atoms with E-state index in [4.69, 9.17) is 16.9 Å². The van der Waals surface area contributed by atoms with Gasteiger partial charge >= 0.3 is 0 Å². The van der Waals surface area contributed by atoms with Crippen molar-refractivity contribution in [2.45, 2.75) is 32.2 Å². The number of likely N-dealkylation sites (tertiary alicyclic amines) is 1. The summed E-state index contributed by atoms with van der Waals surface area (Å²) in [6.45, 7) is 5.67. The maximum atomic E-state index is 8.83. The quantitative estimate of drug-likeness (QED) is 0.919. The molecule has 4 heteroatoms. The van der Waals surface area contributed by atoms with E-state index in [9.17, 15) is 0 Å². The van der Waals surface area contributed by atoms with Crippen molar-refractivity contribution in [2.75, 3.05) is 25.0 Å². The fourth-order valence-electron chi connectivity index (χ4n) is 2.54. The molecule has 1 atom stereocenters. The van der Waals surface area contributed by atoms with Gasteiger partial charge in [0, 0.05) is 12.6 Å². The van der Waals surface area contributed by atoms with Crippen LogP contribution >= 0.6 is 11.6 Å². The van der Waals surface area contributed by atoms with Crippen molar-refractivity contribution < 1.29 is 0 Å². The van der Waals surface area contributed by atoms with Crippen LogP contribution in [0.1, 0.15) is 31.7 Å². The molecule has 0 amide bonds. The number of hydrogen-bond acceptors (Lipinski definition) is 3. The molecule has 1 heterocycles. The topological polar surface area (TPSA) is 39.1 Å². The number of benzene rings is 1. The Morgan fingerprint density at radius 3 is 2.95 bits per heavy atom. The van der Waals surface area contributed by atoms with Gasteiger partial charge in [0.2, 0.25) is 0 Å². The Kier molecular flexibility index (Phi) is 5.07. The molecule has 1 aliphatic heterocycles. The Labute approximate surface area is 120 Å². The van der Waals surface area contributed by atoms with Crippen LogP contribution in [0, 0.1) is 11.3 Å². The Morgan fingerprint density at radius 1 is 1.42 bits per heavy atom. The standard InChI is InChI=1S/C15H20ClN3/c1-2-19-8-3-4-13(7-9-19)18-15-6-5-12(11-17)10-14(15)16/h5-6,10,13,18H,2-4,7-9H2,1H3. The van der Waals surface area contributed by atoms with Gasteiger partial charge in [-0.25, -0.2) is 0 Å². The van der Waals surface area contributed by atoms with Gasteiger partial charge in [0.1, 0.15) is 0 Å². The number of rotatable bonds is 3. The zero-order valence-electron chi connectivity index (χ0n) is 11.3. The first kappa shape index (κ1) is 14.2. The summed E-state index contributed by atoms with van der Waals surface area (Å²) in [6.07, 6.45) is 3.54. The van der Waals surface area contributed by atoms with Crippen molar-refractivity contribution in [1.82, 2.24) is 4.90 Å². The lowest BCUT2D eigenvalue weighted by molar-refractivity contribution is 0.300. The molecule has 1 aromatic carbocycles. The Balaban J connectivity index is 1.99. The Hall–Kier alpha value is -1.24. The van der Waals surface area contributed by atoms with Crippen LogP contribution in [0.2, 0.25) is 5.02 Å². The highest BCUT2D eigenvalue weighted by molar-refractivity contribution is 6.33. The van der Waals surface area contributed by atoms with Crippen LogP contribution in [0.25, 0.3) is 0 Å². The lowest BCUT2D eigenvalue weighted by Crippen LogP contribution is -2.26. The van der Waals surface area contributed by atoms with Crippen LogP contribution in [0.5, 0.6) is 0 Å². The normalized spacial score (nSPS) is 20.6. The average Bonchev–Trinajstić information content (AvgIpc) is 2.66. The van der Waals surface area contributed by atoms with Crippen LogP contribution in [0.15, 0.2) is 18.2 Å². The molecule has 0 bridgehead atoms. The number of anilines is 1. The van der Waals surface area contributed by atoms with Crippen molar-refractivity contribution in [3.05, 3.63) is 28.8 Å². The van der Waals surface area contributed by atoms with Crippen molar-refractivity contribution in [3.8, 4) is 6.07 Å². The predicted octanol–water partition coefficient (Wildman–Crippen LogP) is 3.50. The first-order chi connectivity index (χ1) is 9.22. The number of nitrogens with one attached hydrogen (secondary N) is 1. The first-order valence-electron chi connectivity index (χ1n) is 6.91. The van der Waals surface area contributed by atoms with Crippen LogP contribution < -0.4 is 5.32 Å². The van der Waals surface area contributed by atoms with Crippen molar-refractivity contribution >= 4 is 17.3 Å². The number of halogens is 1. The van der Waals surface area contributed by atoms with Gasteiger partial charge < -0.3 is 10.2 Å². The molecule has 2 rings (SSSR count). The number of nitriles is 1. The van der Waals surface area contributed by atoms with Gasteiger partial charge in [-0.1, -0.05) is 18.5 Å². The summed E-state index contributed by atoms with van der Waals surface area (Å²) in [5.74, 6) is 0. The Bertz CT molecular complexity index is 467. The molecule has 1 fully saturated rings. The van der Waals surface area contributed by atoms with E-state index in [2.05, 4.69) is 23.2 Å². The summed E-state index contributed by atoms with van der Waals surface area (Å²) in [5, 5.41) is 13.0. The number of nitrogens with zero attached hydrogens (tertiary/aromatic N) is 2. The van der Waals surface area contributed by atoms with Gasteiger partial charge in [0.25, 0.3) is 0 Å². The number of hydrogen-bond donors (Lipinski definition) is 1. The molecule has 1 aromatic rings. The molecule has 0 aromatic heterocycles. The van der Waals surface area contributed by atoms with Crippen molar-refractivity contribution in [2.24, 2.45) is 0 Å². The third-order valence-electron chi connectivity index (χ3n) is 3.73. The molecule has 0 radical (unpaired) electrons. The molecule has 1 aliphatic rings. The van der Waals surface area contributed by atoms with Gasteiger partial charge in [0.05, 0.1) is 22.3 Å². The van der Waals surface area contributed by atoms with Crippen LogP contribution in [-0.4, -0.2) is 30.6 Å². The van der Waals surface area contributed by atoms with Crippen LogP contribution in [0.3, 0.4) is 0 Å². The van der Waals surface area contributed by atoms with Gasteiger partial charge in [-0.3, -0.25) is 0 Å².